The van der Waals surface area contributed by atoms with Crippen molar-refractivity contribution in [2.24, 2.45) is 0 Å². The number of carboxylic acid groups (broad SMARTS) is 1. The second-order valence-electron chi connectivity index (χ2n) is 5.12. The number of aliphatic carboxylic acids is 1. The molecule has 0 heterocycles. The van der Waals surface area contributed by atoms with Gasteiger partial charge in [0.05, 0.1) is 13.0 Å². The Hall–Kier alpha value is -1.79. The summed E-state index contributed by atoms with van der Waals surface area (Å²) in [5.74, 6) is -1.29. The predicted molar refractivity (Wildman–Crippen MR) is 66.1 cm³/mol. The summed E-state index contributed by atoms with van der Waals surface area (Å²) in [4.78, 5) is 33.1. The van der Waals surface area contributed by atoms with Gasteiger partial charge < -0.3 is 21.1 Å². The first-order valence-corrected chi connectivity index (χ1v) is 5.67. The van der Waals surface area contributed by atoms with Crippen molar-refractivity contribution in [3.8, 4) is 0 Å². The van der Waals surface area contributed by atoms with Crippen LogP contribution in [0.5, 0.6) is 0 Å². The third-order valence-electron chi connectivity index (χ3n) is 1.78. The van der Waals surface area contributed by atoms with Crippen LogP contribution < -0.4 is 16.0 Å². The third-order valence-corrected chi connectivity index (χ3v) is 1.78. The standard InChI is InChI=1S/C11H21N3O4/c1-7(5-9(16)17)13-10(18)12-6-8(15)14-11(2,3)4/h7H,5-6H2,1-4H3,(H,14,15)(H,16,17)(H2,12,13,18). The molecule has 1 unspecified atom stereocenters. The molecule has 4 N–H and O–H groups in total. The highest BCUT2D eigenvalue weighted by Gasteiger charge is 2.15. The minimum absolute atomic E-state index is 0.150. The van der Waals surface area contributed by atoms with Crippen LogP contribution in [-0.2, 0) is 9.59 Å². The molecule has 7 heteroatoms. The van der Waals surface area contributed by atoms with Crippen molar-refractivity contribution in [3.63, 3.8) is 0 Å². The molecule has 0 aliphatic carbocycles. The van der Waals surface area contributed by atoms with Crippen LogP contribution in [0.15, 0.2) is 0 Å². The number of nitrogens with one attached hydrogen (secondary N) is 3. The Morgan fingerprint density at radius 2 is 1.78 bits per heavy atom. The van der Waals surface area contributed by atoms with Gasteiger partial charge in [-0.15, -0.1) is 0 Å². The van der Waals surface area contributed by atoms with E-state index in [0.29, 0.717) is 0 Å². The Labute approximate surface area is 106 Å². The predicted octanol–water partition coefficient (Wildman–Crippen LogP) is 0.0635. The van der Waals surface area contributed by atoms with Gasteiger partial charge in [-0.3, -0.25) is 9.59 Å². The van der Waals surface area contributed by atoms with Gasteiger partial charge in [-0.05, 0) is 27.7 Å². The number of hydrogen-bond acceptors (Lipinski definition) is 3. The number of carboxylic acids is 1. The summed E-state index contributed by atoms with van der Waals surface area (Å²) in [5, 5.41) is 16.0. The Kier molecular flexibility index (Phi) is 6.15. The number of carbonyl (C=O) groups is 3. The lowest BCUT2D eigenvalue weighted by atomic mass is 10.1. The van der Waals surface area contributed by atoms with E-state index in [1.807, 2.05) is 20.8 Å². The summed E-state index contributed by atoms with van der Waals surface area (Å²) in [7, 11) is 0. The Morgan fingerprint density at radius 1 is 1.22 bits per heavy atom. The highest BCUT2D eigenvalue weighted by molar-refractivity contribution is 5.84. The van der Waals surface area contributed by atoms with Crippen molar-refractivity contribution in [1.29, 1.82) is 0 Å². The second-order valence-corrected chi connectivity index (χ2v) is 5.12. The molecule has 3 amide bonds. The molecule has 0 saturated heterocycles. The summed E-state index contributed by atoms with van der Waals surface area (Å²) in [6.07, 6.45) is -0.165. The second kappa shape index (κ2) is 6.83. The summed E-state index contributed by atoms with van der Waals surface area (Å²) in [6, 6.07) is -1.05. The molecule has 0 aromatic heterocycles. The van der Waals surface area contributed by atoms with E-state index in [2.05, 4.69) is 16.0 Å². The van der Waals surface area contributed by atoms with Crippen molar-refractivity contribution < 1.29 is 19.5 Å². The molecule has 0 aliphatic heterocycles. The fourth-order valence-corrected chi connectivity index (χ4v) is 1.21. The lowest BCUT2D eigenvalue weighted by Gasteiger charge is -2.20. The Bertz CT molecular complexity index is 323. The minimum atomic E-state index is -0.992. The number of amides is 3. The summed E-state index contributed by atoms with van der Waals surface area (Å²) < 4.78 is 0. The molecule has 18 heavy (non-hydrogen) atoms. The summed E-state index contributed by atoms with van der Waals surface area (Å²) in [6.45, 7) is 6.92. The highest BCUT2D eigenvalue weighted by Crippen LogP contribution is 1.97. The molecular formula is C11H21N3O4. The van der Waals surface area contributed by atoms with Crippen LogP contribution in [0, 0.1) is 0 Å². The molecule has 0 aromatic rings. The van der Waals surface area contributed by atoms with E-state index < -0.39 is 18.0 Å². The fraction of sp³-hybridized carbons (Fsp3) is 0.727. The first-order valence-electron chi connectivity index (χ1n) is 5.67. The zero-order valence-electron chi connectivity index (χ0n) is 11.2. The van der Waals surface area contributed by atoms with Gasteiger partial charge >= 0.3 is 12.0 Å². The molecule has 0 saturated carbocycles. The van der Waals surface area contributed by atoms with Crippen LogP contribution in [0.25, 0.3) is 0 Å². The number of hydrogen-bond donors (Lipinski definition) is 4. The van der Waals surface area contributed by atoms with Crippen LogP contribution in [-0.4, -0.2) is 41.1 Å². The van der Waals surface area contributed by atoms with E-state index in [0.717, 1.165) is 0 Å². The van der Waals surface area contributed by atoms with Gasteiger partial charge in [-0.1, -0.05) is 0 Å². The maximum Gasteiger partial charge on any atom is 0.315 e. The van der Waals surface area contributed by atoms with Gasteiger partial charge in [0.2, 0.25) is 5.91 Å². The molecule has 0 aliphatic rings. The van der Waals surface area contributed by atoms with E-state index in [1.165, 1.54) is 0 Å². The van der Waals surface area contributed by atoms with Gasteiger partial charge in [0.15, 0.2) is 0 Å². The molecule has 0 radical (unpaired) electrons. The summed E-state index contributed by atoms with van der Waals surface area (Å²) in [5.41, 5.74) is -0.355. The molecule has 7 nitrogen and oxygen atoms in total. The molecule has 0 bridgehead atoms. The monoisotopic (exact) mass is 259 g/mol. The van der Waals surface area contributed by atoms with Crippen LogP contribution >= 0.6 is 0 Å². The molecule has 0 aromatic carbocycles. The van der Waals surface area contributed by atoms with Crippen LogP contribution in [0.2, 0.25) is 0 Å². The SMILES string of the molecule is CC(CC(=O)O)NC(=O)NCC(=O)NC(C)(C)C. The largest absolute Gasteiger partial charge is 0.481 e. The highest BCUT2D eigenvalue weighted by atomic mass is 16.4. The Morgan fingerprint density at radius 3 is 2.22 bits per heavy atom. The first-order chi connectivity index (χ1) is 8.10. The van der Waals surface area contributed by atoms with Crippen LogP contribution in [0.4, 0.5) is 4.79 Å². The smallest absolute Gasteiger partial charge is 0.315 e. The van der Waals surface area contributed by atoms with Gasteiger partial charge in [-0.25, -0.2) is 4.79 Å². The van der Waals surface area contributed by atoms with E-state index in [9.17, 15) is 14.4 Å². The van der Waals surface area contributed by atoms with Gasteiger partial charge in [0, 0.05) is 11.6 Å². The maximum atomic E-state index is 11.4. The number of rotatable bonds is 5. The van der Waals surface area contributed by atoms with Crippen molar-refractivity contribution in [1.82, 2.24) is 16.0 Å². The number of carbonyl (C=O) groups excluding carboxylic acids is 2. The van der Waals surface area contributed by atoms with Crippen molar-refractivity contribution in [2.75, 3.05) is 6.54 Å². The van der Waals surface area contributed by atoms with E-state index >= 15 is 0 Å². The van der Waals surface area contributed by atoms with E-state index in [-0.39, 0.29) is 24.4 Å². The zero-order chi connectivity index (χ0) is 14.3. The van der Waals surface area contributed by atoms with E-state index in [4.69, 9.17) is 5.11 Å². The lowest BCUT2D eigenvalue weighted by molar-refractivity contribution is -0.137. The van der Waals surface area contributed by atoms with Crippen molar-refractivity contribution in [3.05, 3.63) is 0 Å². The molecule has 0 fully saturated rings. The third kappa shape index (κ3) is 9.44. The molecule has 0 rings (SSSR count). The van der Waals surface area contributed by atoms with Crippen molar-refractivity contribution in [2.45, 2.75) is 45.7 Å². The molecule has 104 valence electrons. The van der Waals surface area contributed by atoms with Gasteiger partial charge in [0.25, 0.3) is 0 Å². The zero-order valence-corrected chi connectivity index (χ0v) is 11.2. The molecule has 0 spiro atoms. The van der Waals surface area contributed by atoms with Gasteiger partial charge in [0.1, 0.15) is 0 Å². The number of urea groups is 1. The minimum Gasteiger partial charge on any atom is -0.481 e. The van der Waals surface area contributed by atoms with E-state index in [1.54, 1.807) is 6.92 Å². The average Bonchev–Trinajstić information content (AvgIpc) is 2.10. The average molecular weight is 259 g/mol. The summed E-state index contributed by atoms with van der Waals surface area (Å²) >= 11 is 0. The maximum absolute atomic E-state index is 11.4. The first kappa shape index (κ1) is 16.2. The topological polar surface area (TPSA) is 108 Å². The molecule has 1 atom stereocenters. The lowest BCUT2D eigenvalue weighted by Crippen LogP contribution is -2.49. The molecular weight excluding hydrogens is 238 g/mol. The van der Waals surface area contributed by atoms with Gasteiger partial charge in [-0.2, -0.15) is 0 Å². The normalized spacial score (nSPS) is 12.4. The van der Waals surface area contributed by atoms with Crippen LogP contribution in [0.3, 0.4) is 0 Å². The fourth-order valence-electron chi connectivity index (χ4n) is 1.21. The quantitative estimate of drug-likeness (QED) is 0.560. The van der Waals surface area contributed by atoms with Crippen LogP contribution in [0.1, 0.15) is 34.1 Å². The Balaban J connectivity index is 3.90. The van der Waals surface area contributed by atoms with Crippen molar-refractivity contribution >= 4 is 17.9 Å².